The molecule has 342 valence electrons. The second-order valence-electron chi connectivity index (χ2n) is 15.4. The third-order valence-electron chi connectivity index (χ3n) is 11.2. The van der Waals surface area contributed by atoms with Crippen molar-refractivity contribution in [3.05, 3.63) is 99.6 Å². The van der Waals surface area contributed by atoms with E-state index in [1.54, 1.807) is 0 Å². The molecule has 0 spiro atoms. The minimum Gasteiger partial charge on any atom is -0.508 e. The average Bonchev–Trinajstić information content (AvgIpc) is 3.25. The van der Waals surface area contributed by atoms with Gasteiger partial charge in [-0.25, -0.2) is 9.59 Å². The minimum absolute atomic E-state index is 0.0199. The van der Waals surface area contributed by atoms with Gasteiger partial charge in [-0.05, 0) is 43.3 Å². The molecular formula is C45H36O21. The molecule has 0 aliphatic carbocycles. The SMILES string of the molecule is Cc1c(O)cc(C(=O)O[C@@H]2Cc3c(O)cc(O)cc3O[C@@H]2c2cc(O)c(O)c(O)c2-c2c([C@H]3Oc4cc(O)cc(O)c4C[C@H]3OC(=O)c3cc(O)c(O)c(O)c3)cc(O)c(O)c2O)cc1O. The maximum Gasteiger partial charge on any atom is 0.338 e. The van der Waals surface area contributed by atoms with E-state index in [9.17, 15) is 86.2 Å². The number of rotatable bonds is 7. The summed E-state index contributed by atoms with van der Waals surface area (Å²) in [5.41, 5.74) is -3.56. The molecule has 21 nitrogen and oxygen atoms in total. The Bertz CT molecular complexity index is 2780. The average molecular weight is 913 g/mol. The molecule has 21 heteroatoms. The van der Waals surface area contributed by atoms with Gasteiger partial charge in [0, 0.05) is 76.1 Å². The van der Waals surface area contributed by atoms with E-state index in [1.807, 2.05) is 0 Å². The molecule has 6 aromatic carbocycles. The number of phenols is 15. The predicted octanol–water partition coefficient (Wildman–Crippen LogP) is 5.05. The number of ether oxygens (including phenoxy) is 4. The van der Waals surface area contributed by atoms with Crippen molar-refractivity contribution in [2.24, 2.45) is 0 Å². The van der Waals surface area contributed by atoms with Crippen LogP contribution in [0.25, 0.3) is 11.1 Å². The Labute approximate surface area is 369 Å². The number of aromatic hydroxyl groups is 15. The van der Waals surface area contributed by atoms with Crippen LogP contribution in [0.1, 0.15) is 60.7 Å². The molecule has 0 aromatic heterocycles. The van der Waals surface area contributed by atoms with E-state index in [0.717, 1.165) is 60.7 Å². The molecule has 15 N–H and O–H groups in total. The van der Waals surface area contributed by atoms with Crippen LogP contribution in [0.5, 0.6) is 97.7 Å². The number of esters is 2. The maximum atomic E-state index is 13.7. The molecule has 6 aromatic rings. The van der Waals surface area contributed by atoms with Crippen LogP contribution in [0.2, 0.25) is 0 Å². The van der Waals surface area contributed by atoms with Crippen molar-refractivity contribution >= 4 is 11.9 Å². The van der Waals surface area contributed by atoms with Gasteiger partial charge in [0.1, 0.15) is 58.2 Å². The van der Waals surface area contributed by atoms with Crippen LogP contribution in [0.4, 0.5) is 0 Å². The van der Waals surface area contributed by atoms with Gasteiger partial charge in [0.25, 0.3) is 0 Å². The largest absolute Gasteiger partial charge is 0.508 e. The van der Waals surface area contributed by atoms with Crippen LogP contribution in [0.3, 0.4) is 0 Å². The molecule has 0 unspecified atom stereocenters. The molecule has 0 saturated heterocycles. The summed E-state index contributed by atoms with van der Waals surface area (Å²) in [6.45, 7) is 1.36. The lowest BCUT2D eigenvalue weighted by Crippen LogP contribution is -2.36. The van der Waals surface area contributed by atoms with Gasteiger partial charge in [-0.1, -0.05) is 0 Å². The Kier molecular flexibility index (Phi) is 10.5. The van der Waals surface area contributed by atoms with Crippen molar-refractivity contribution in [3.63, 3.8) is 0 Å². The Morgan fingerprint density at radius 3 is 1.17 bits per heavy atom. The van der Waals surface area contributed by atoms with Gasteiger partial charge in [0.05, 0.1) is 11.1 Å². The van der Waals surface area contributed by atoms with Crippen LogP contribution in [0.15, 0.2) is 60.7 Å². The highest BCUT2D eigenvalue weighted by atomic mass is 16.6. The Morgan fingerprint density at radius 2 is 0.788 bits per heavy atom. The van der Waals surface area contributed by atoms with E-state index in [2.05, 4.69) is 0 Å². The van der Waals surface area contributed by atoms with E-state index in [4.69, 9.17) is 18.9 Å². The molecule has 4 atom stereocenters. The zero-order chi connectivity index (χ0) is 47.8. The second kappa shape index (κ2) is 15.9. The first kappa shape index (κ1) is 43.5. The van der Waals surface area contributed by atoms with Crippen LogP contribution < -0.4 is 9.47 Å². The first-order chi connectivity index (χ1) is 31.1. The molecule has 8 rings (SSSR count). The highest BCUT2D eigenvalue weighted by molar-refractivity contribution is 5.92. The Hall–Kier alpha value is -9.14. The Balaban J connectivity index is 1.34. The van der Waals surface area contributed by atoms with E-state index in [0.29, 0.717) is 0 Å². The molecule has 0 fully saturated rings. The molecule has 2 aliphatic heterocycles. The van der Waals surface area contributed by atoms with E-state index >= 15 is 0 Å². The van der Waals surface area contributed by atoms with Crippen molar-refractivity contribution < 1.29 is 105 Å². The summed E-state index contributed by atoms with van der Waals surface area (Å²) in [5.74, 6) is -16.2. The number of hydrogen-bond donors (Lipinski definition) is 15. The molecule has 0 amide bonds. The van der Waals surface area contributed by atoms with Crippen molar-refractivity contribution in [3.8, 4) is 109 Å². The molecule has 0 bridgehead atoms. The first-order valence-corrected chi connectivity index (χ1v) is 19.3. The monoisotopic (exact) mass is 912 g/mol. The summed E-state index contributed by atoms with van der Waals surface area (Å²) in [6.07, 6.45) is -8.03. The van der Waals surface area contributed by atoms with Crippen LogP contribution in [0, 0.1) is 6.92 Å². The number of carbonyl (C=O) groups is 2. The number of carbonyl (C=O) groups excluding carboxylic acids is 2. The lowest BCUT2D eigenvalue weighted by Gasteiger charge is -2.37. The summed E-state index contributed by atoms with van der Waals surface area (Å²) < 4.78 is 24.0. The van der Waals surface area contributed by atoms with Gasteiger partial charge in [0.15, 0.2) is 52.5 Å². The maximum absolute atomic E-state index is 13.7. The van der Waals surface area contributed by atoms with Crippen LogP contribution in [-0.2, 0) is 22.3 Å². The van der Waals surface area contributed by atoms with Crippen LogP contribution in [-0.4, -0.2) is 101 Å². The third-order valence-corrected chi connectivity index (χ3v) is 11.2. The number of fused-ring (bicyclic) bond motifs is 2. The molecular weight excluding hydrogens is 876 g/mol. The first-order valence-electron chi connectivity index (χ1n) is 19.3. The Morgan fingerprint density at radius 1 is 0.439 bits per heavy atom. The highest BCUT2D eigenvalue weighted by Gasteiger charge is 2.44. The normalized spacial score (nSPS) is 17.4. The summed E-state index contributed by atoms with van der Waals surface area (Å²) in [5, 5.41) is 161. The smallest absolute Gasteiger partial charge is 0.338 e. The van der Waals surface area contributed by atoms with Gasteiger partial charge in [-0.3, -0.25) is 0 Å². The zero-order valence-electron chi connectivity index (χ0n) is 33.7. The van der Waals surface area contributed by atoms with Crippen molar-refractivity contribution in [2.45, 2.75) is 44.2 Å². The van der Waals surface area contributed by atoms with Crippen molar-refractivity contribution in [1.29, 1.82) is 0 Å². The summed E-state index contributed by atoms with van der Waals surface area (Å²) in [6, 6.07) is 8.96. The highest BCUT2D eigenvalue weighted by Crippen LogP contribution is 2.58. The summed E-state index contributed by atoms with van der Waals surface area (Å²) in [4.78, 5) is 27.4. The fourth-order valence-electron chi connectivity index (χ4n) is 7.87. The molecule has 0 radical (unpaired) electrons. The summed E-state index contributed by atoms with van der Waals surface area (Å²) in [7, 11) is 0. The van der Waals surface area contributed by atoms with Crippen LogP contribution >= 0.6 is 0 Å². The third kappa shape index (κ3) is 7.38. The molecule has 2 heterocycles. The van der Waals surface area contributed by atoms with E-state index < -0.39 is 163 Å². The van der Waals surface area contributed by atoms with Gasteiger partial charge in [-0.2, -0.15) is 0 Å². The second-order valence-corrected chi connectivity index (χ2v) is 15.4. The zero-order valence-corrected chi connectivity index (χ0v) is 33.7. The van der Waals surface area contributed by atoms with Crippen molar-refractivity contribution in [2.75, 3.05) is 0 Å². The number of phenolic OH excluding ortho intramolecular Hbond substituents is 15. The fraction of sp³-hybridized carbons (Fsp3) is 0.156. The van der Waals surface area contributed by atoms with E-state index in [1.165, 1.54) is 6.92 Å². The molecule has 0 saturated carbocycles. The van der Waals surface area contributed by atoms with Gasteiger partial charge >= 0.3 is 11.9 Å². The standard InChI is InChI=1S/C45H36O21/c1-14-23(48)2-15(3-24(14)49)44(61)65-33-12-19-25(50)6-17(46)8-31(19)63-42(33)21-10-29(54)38(57)40(59)35(21)36-22(11-30(55)39(58)41(36)60)43-34(13-20-26(51)7-18(47)9-32(20)64-43)66-45(62)16-4-27(52)37(56)28(53)5-16/h2-11,33-34,42-43,46-60H,12-13H2,1H3/t33-,34-,42-,43-/m1/s1. The fourth-order valence-corrected chi connectivity index (χ4v) is 7.87. The lowest BCUT2D eigenvalue weighted by atomic mass is 9.83. The van der Waals surface area contributed by atoms with Gasteiger partial charge < -0.3 is 95.5 Å². The van der Waals surface area contributed by atoms with E-state index in [-0.39, 0.29) is 33.8 Å². The molecule has 66 heavy (non-hydrogen) atoms. The minimum atomic E-state index is -1.85. The quantitative estimate of drug-likeness (QED) is 0.0735. The lowest BCUT2D eigenvalue weighted by molar-refractivity contribution is -0.0196. The molecule has 2 aliphatic rings. The number of benzene rings is 6. The topological polar surface area (TPSA) is 375 Å². The van der Waals surface area contributed by atoms with Gasteiger partial charge in [0.2, 0.25) is 11.5 Å². The number of hydrogen-bond acceptors (Lipinski definition) is 21. The summed E-state index contributed by atoms with van der Waals surface area (Å²) >= 11 is 0. The van der Waals surface area contributed by atoms with Crippen molar-refractivity contribution in [1.82, 2.24) is 0 Å². The van der Waals surface area contributed by atoms with Gasteiger partial charge in [-0.15, -0.1) is 0 Å². The predicted molar refractivity (Wildman–Crippen MR) is 220 cm³/mol.